The Labute approximate surface area is 99.8 Å². The standard InChI is InChI=1S/C14H14N2O/c1-9(15)8-16-12-7-3-5-10-4-2-6-11(13(10)12)14(16)17/h2-7,9H,8,15H2,1H3/t9-/m1/s1. The second kappa shape index (κ2) is 3.57. The molecule has 17 heavy (non-hydrogen) atoms. The van der Waals surface area contributed by atoms with Crippen molar-refractivity contribution in [2.45, 2.75) is 13.0 Å². The SMILES string of the molecule is C[C@@H](N)CN1C(=O)c2cccc3cccc1c23. The van der Waals surface area contributed by atoms with Crippen LogP contribution < -0.4 is 10.6 Å². The molecule has 0 fully saturated rings. The van der Waals surface area contributed by atoms with Gasteiger partial charge in [-0.15, -0.1) is 0 Å². The van der Waals surface area contributed by atoms with Gasteiger partial charge in [0.1, 0.15) is 0 Å². The number of hydrogen-bond acceptors (Lipinski definition) is 2. The first-order valence-electron chi connectivity index (χ1n) is 5.77. The van der Waals surface area contributed by atoms with Crippen LogP contribution in [0.25, 0.3) is 10.8 Å². The lowest BCUT2D eigenvalue weighted by molar-refractivity contribution is 0.0992. The highest BCUT2D eigenvalue weighted by Gasteiger charge is 2.29. The zero-order valence-corrected chi connectivity index (χ0v) is 9.68. The Bertz CT molecular complexity index is 599. The molecule has 0 bridgehead atoms. The Hall–Kier alpha value is -1.87. The Morgan fingerprint density at radius 1 is 1.24 bits per heavy atom. The maximum Gasteiger partial charge on any atom is 0.259 e. The van der Waals surface area contributed by atoms with Crippen molar-refractivity contribution in [3.05, 3.63) is 42.0 Å². The fourth-order valence-electron chi connectivity index (χ4n) is 2.45. The molecule has 1 aliphatic rings. The molecule has 1 atom stereocenters. The van der Waals surface area contributed by atoms with E-state index in [4.69, 9.17) is 5.73 Å². The maximum atomic E-state index is 12.3. The van der Waals surface area contributed by atoms with Crippen molar-refractivity contribution in [2.75, 3.05) is 11.4 Å². The average molecular weight is 226 g/mol. The van der Waals surface area contributed by atoms with Crippen LogP contribution in [0.3, 0.4) is 0 Å². The smallest absolute Gasteiger partial charge is 0.259 e. The Kier molecular flexibility index (Phi) is 2.16. The van der Waals surface area contributed by atoms with Crippen LogP contribution in [0.15, 0.2) is 36.4 Å². The van der Waals surface area contributed by atoms with E-state index < -0.39 is 0 Å². The second-order valence-corrected chi connectivity index (χ2v) is 4.57. The van der Waals surface area contributed by atoms with Crippen molar-refractivity contribution < 1.29 is 4.79 Å². The van der Waals surface area contributed by atoms with Crippen molar-refractivity contribution in [2.24, 2.45) is 5.73 Å². The molecule has 3 nitrogen and oxygen atoms in total. The van der Waals surface area contributed by atoms with Crippen molar-refractivity contribution >= 4 is 22.4 Å². The molecule has 3 heteroatoms. The van der Waals surface area contributed by atoms with Crippen LogP contribution in [0, 0.1) is 0 Å². The summed E-state index contributed by atoms with van der Waals surface area (Å²) >= 11 is 0. The quantitative estimate of drug-likeness (QED) is 0.852. The molecule has 0 unspecified atom stereocenters. The van der Waals surface area contributed by atoms with Crippen molar-refractivity contribution in [1.29, 1.82) is 0 Å². The third-order valence-electron chi connectivity index (χ3n) is 3.12. The summed E-state index contributed by atoms with van der Waals surface area (Å²) in [5.74, 6) is 0.0640. The van der Waals surface area contributed by atoms with Crippen molar-refractivity contribution in [1.82, 2.24) is 0 Å². The van der Waals surface area contributed by atoms with Gasteiger partial charge in [-0.2, -0.15) is 0 Å². The normalized spacial score (nSPS) is 15.6. The molecule has 1 heterocycles. The first kappa shape index (κ1) is 10.3. The number of nitrogens with zero attached hydrogens (tertiary/aromatic N) is 1. The van der Waals surface area contributed by atoms with Crippen LogP contribution in [-0.4, -0.2) is 18.5 Å². The molecular formula is C14H14N2O. The minimum Gasteiger partial charge on any atom is -0.326 e. The minimum atomic E-state index is -0.0245. The average Bonchev–Trinajstić information content (AvgIpc) is 2.57. The summed E-state index contributed by atoms with van der Waals surface area (Å²) in [6.07, 6.45) is 0. The first-order valence-corrected chi connectivity index (χ1v) is 5.77. The molecule has 0 spiro atoms. The summed E-state index contributed by atoms with van der Waals surface area (Å²) in [6.45, 7) is 2.48. The second-order valence-electron chi connectivity index (χ2n) is 4.57. The van der Waals surface area contributed by atoms with Gasteiger partial charge in [-0.3, -0.25) is 4.79 Å². The number of amides is 1. The van der Waals surface area contributed by atoms with Gasteiger partial charge in [-0.05, 0) is 24.4 Å². The Morgan fingerprint density at radius 3 is 2.65 bits per heavy atom. The summed E-state index contributed by atoms with van der Waals surface area (Å²) in [6, 6.07) is 11.8. The van der Waals surface area contributed by atoms with Gasteiger partial charge in [0.25, 0.3) is 5.91 Å². The first-order chi connectivity index (χ1) is 8.18. The van der Waals surface area contributed by atoms with Gasteiger partial charge >= 0.3 is 0 Å². The summed E-state index contributed by atoms with van der Waals surface area (Å²) < 4.78 is 0. The van der Waals surface area contributed by atoms with Gasteiger partial charge in [0.2, 0.25) is 0 Å². The molecule has 1 amide bonds. The topological polar surface area (TPSA) is 46.3 Å². The van der Waals surface area contributed by atoms with Gasteiger partial charge in [0, 0.05) is 23.5 Å². The van der Waals surface area contributed by atoms with E-state index in [9.17, 15) is 4.79 Å². The van der Waals surface area contributed by atoms with Crippen LogP contribution in [0.1, 0.15) is 17.3 Å². The number of benzene rings is 2. The summed E-state index contributed by atoms with van der Waals surface area (Å²) in [7, 11) is 0. The van der Waals surface area contributed by atoms with E-state index in [1.54, 1.807) is 4.90 Å². The zero-order chi connectivity index (χ0) is 12.0. The highest BCUT2D eigenvalue weighted by Crippen LogP contribution is 2.36. The minimum absolute atomic E-state index is 0.0245. The van der Waals surface area contributed by atoms with E-state index in [2.05, 4.69) is 0 Å². The van der Waals surface area contributed by atoms with E-state index in [0.29, 0.717) is 6.54 Å². The van der Waals surface area contributed by atoms with Gasteiger partial charge in [0.15, 0.2) is 0 Å². The number of hydrogen-bond donors (Lipinski definition) is 1. The number of carbonyl (C=O) groups excluding carboxylic acids is 1. The fourth-order valence-corrected chi connectivity index (χ4v) is 2.45. The van der Waals surface area contributed by atoms with E-state index in [-0.39, 0.29) is 11.9 Å². The van der Waals surface area contributed by atoms with Crippen molar-refractivity contribution in [3.8, 4) is 0 Å². The number of anilines is 1. The van der Waals surface area contributed by atoms with E-state index in [1.807, 2.05) is 43.3 Å². The Morgan fingerprint density at radius 2 is 1.94 bits per heavy atom. The molecule has 0 aromatic heterocycles. The summed E-state index contributed by atoms with van der Waals surface area (Å²) in [5.41, 5.74) is 7.58. The van der Waals surface area contributed by atoms with Gasteiger partial charge in [-0.25, -0.2) is 0 Å². The predicted molar refractivity (Wildman–Crippen MR) is 69.3 cm³/mol. The van der Waals surface area contributed by atoms with Gasteiger partial charge < -0.3 is 10.6 Å². The van der Waals surface area contributed by atoms with Crippen molar-refractivity contribution in [3.63, 3.8) is 0 Å². The molecule has 86 valence electrons. The number of nitrogens with two attached hydrogens (primary N) is 1. The molecule has 1 aliphatic heterocycles. The zero-order valence-electron chi connectivity index (χ0n) is 9.68. The molecule has 2 N–H and O–H groups in total. The largest absolute Gasteiger partial charge is 0.326 e. The lowest BCUT2D eigenvalue weighted by atomic mass is 10.1. The third-order valence-corrected chi connectivity index (χ3v) is 3.12. The van der Waals surface area contributed by atoms with E-state index >= 15 is 0 Å². The third kappa shape index (κ3) is 1.43. The highest BCUT2D eigenvalue weighted by molar-refractivity contribution is 6.25. The lowest BCUT2D eigenvalue weighted by Gasteiger charge is -2.19. The molecule has 0 aliphatic carbocycles. The van der Waals surface area contributed by atoms with Crippen LogP contribution in [0.4, 0.5) is 5.69 Å². The fraction of sp³-hybridized carbons (Fsp3) is 0.214. The van der Waals surface area contributed by atoms with E-state index in [1.165, 1.54) is 0 Å². The lowest BCUT2D eigenvalue weighted by Crippen LogP contribution is -2.37. The molecular weight excluding hydrogens is 212 g/mol. The van der Waals surface area contributed by atoms with Gasteiger partial charge in [0.05, 0.1) is 5.69 Å². The molecule has 3 rings (SSSR count). The molecule has 0 saturated carbocycles. The summed E-state index contributed by atoms with van der Waals surface area (Å²) in [5, 5.41) is 2.17. The van der Waals surface area contributed by atoms with Crippen LogP contribution >= 0.6 is 0 Å². The predicted octanol–water partition coefficient (Wildman–Crippen LogP) is 2.15. The number of rotatable bonds is 2. The van der Waals surface area contributed by atoms with Crippen LogP contribution in [0.2, 0.25) is 0 Å². The molecule has 2 aromatic rings. The van der Waals surface area contributed by atoms with Crippen LogP contribution in [0.5, 0.6) is 0 Å². The highest BCUT2D eigenvalue weighted by atomic mass is 16.2. The molecule has 0 radical (unpaired) electrons. The molecule has 2 aromatic carbocycles. The Balaban J connectivity index is 2.23. The summed E-state index contributed by atoms with van der Waals surface area (Å²) in [4.78, 5) is 14.1. The van der Waals surface area contributed by atoms with Crippen LogP contribution in [-0.2, 0) is 0 Å². The molecule has 0 saturated heterocycles. The van der Waals surface area contributed by atoms with E-state index in [0.717, 1.165) is 22.0 Å². The van der Waals surface area contributed by atoms with Gasteiger partial charge in [-0.1, -0.05) is 24.3 Å². The number of carbonyl (C=O) groups is 1. The maximum absolute atomic E-state index is 12.3. The monoisotopic (exact) mass is 226 g/mol.